The van der Waals surface area contributed by atoms with Crippen LogP contribution in [-0.4, -0.2) is 6.18 Å². The monoisotopic (exact) mass is 152 g/mol. The molecule has 0 spiro atoms. The van der Waals surface area contributed by atoms with E-state index in [2.05, 4.69) is 0 Å². The highest BCUT2D eigenvalue weighted by Crippen LogP contribution is 2.16. The predicted octanol–water partition coefficient (Wildman–Crippen LogP) is 3.30. The lowest BCUT2D eigenvalue weighted by molar-refractivity contribution is -0.0800. The zero-order chi connectivity index (χ0) is 8.04. The van der Waals surface area contributed by atoms with Crippen LogP contribution in [0.15, 0.2) is 12.2 Å². The van der Waals surface area contributed by atoms with Gasteiger partial charge in [0.05, 0.1) is 0 Å². The summed E-state index contributed by atoms with van der Waals surface area (Å²) in [6, 6.07) is 0. The van der Waals surface area contributed by atoms with E-state index >= 15 is 0 Å². The van der Waals surface area contributed by atoms with Gasteiger partial charge in [0.2, 0.25) is 0 Å². The third-order valence-electron chi connectivity index (χ3n) is 1.03. The molecular formula is C7H11F3. The first kappa shape index (κ1) is 9.53. The van der Waals surface area contributed by atoms with Crippen LogP contribution in [-0.2, 0) is 0 Å². The molecule has 0 amide bonds. The second-order valence-corrected chi connectivity index (χ2v) is 2.09. The van der Waals surface area contributed by atoms with Gasteiger partial charge < -0.3 is 0 Å². The quantitative estimate of drug-likeness (QED) is 0.430. The fourth-order valence-electron chi connectivity index (χ4n) is 0.539. The van der Waals surface area contributed by atoms with Crippen LogP contribution < -0.4 is 0 Å². The summed E-state index contributed by atoms with van der Waals surface area (Å²) in [5.74, 6) is 0. The van der Waals surface area contributed by atoms with Gasteiger partial charge >= 0.3 is 6.18 Å². The first-order valence-corrected chi connectivity index (χ1v) is 3.30. The Hall–Kier alpha value is -0.470. The van der Waals surface area contributed by atoms with Crippen molar-refractivity contribution in [1.29, 1.82) is 0 Å². The maximum Gasteiger partial charge on any atom is 0.409 e. The lowest BCUT2D eigenvalue weighted by atomic mass is 10.2. The van der Waals surface area contributed by atoms with E-state index < -0.39 is 6.18 Å². The third-order valence-corrected chi connectivity index (χ3v) is 1.03. The molecule has 3 heteroatoms. The van der Waals surface area contributed by atoms with Crippen LogP contribution in [0, 0.1) is 0 Å². The highest BCUT2D eigenvalue weighted by Gasteiger charge is 2.21. The lowest BCUT2D eigenvalue weighted by Gasteiger charge is -1.96. The van der Waals surface area contributed by atoms with E-state index in [-0.39, 0.29) is 0 Å². The van der Waals surface area contributed by atoms with Crippen molar-refractivity contribution in [2.24, 2.45) is 0 Å². The molecule has 0 fully saturated rings. The van der Waals surface area contributed by atoms with E-state index in [1.165, 1.54) is 6.08 Å². The molecule has 0 aliphatic heterocycles. The summed E-state index contributed by atoms with van der Waals surface area (Å²) < 4.78 is 34.2. The molecule has 0 heterocycles. The molecular weight excluding hydrogens is 141 g/mol. The molecule has 0 aliphatic carbocycles. The lowest BCUT2D eigenvalue weighted by Crippen LogP contribution is -2.00. The van der Waals surface area contributed by atoms with E-state index in [1.54, 1.807) is 0 Å². The van der Waals surface area contributed by atoms with Crippen molar-refractivity contribution >= 4 is 0 Å². The Bertz CT molecular complexity index is 102. The van der Waals surface area contributed by atoms with Gasteiger partial charge in [-0.3, -0.25) is 0 Å². The largest absolute Gasteiger partial charge is 0.409 e. The molecule has 0 saturated heterocycles. The van der Waals surface area contributed by atoms with Crippen molar-refractivity contribution < 1.29 is 13.2 Å². The molecule has 0 aromatic rings. The number of hydrogen-bond donors (Lipinski definition) is 0. The van der Waals surface area contributed by atoms with E-state index in [0.717, 1.165) is 12.8 Å². The first-order chi connectivity index (χ1) is 4.56. The van der Waals surface area contributed by atoms with Crippen LogP contribution in [0.2, 0.25) is 0 Å². The van der Waals surface area contributed by atoms with Gasteiger partial charge in [0.15, 0.2) is 0 Å². The average Bonchev–Trinajstić information content (AvgIpc) is 1.78. The molecule has 0 aromatic carbocycles. The molecule has 10 heavy (non-hydrogen) atoms. The Labute approximate surface area is 58.7 Å². The molecule has 0 saturated carbocycles. The molecule has 0 radical (unpaired) electrons. The van der Waals surface area contributed by atoms with Crippen LogP contribution in [0.25, 0.3) is 0 Å². The number of rotatable bonds is 3. The SMILES string of the molecule is CCCC/C=C\C(F)(F)F. The summed E-state index contributed by atoms with van der Waals surface area (Å²) in [4.78, 5) is 0. The normalized spacial score (nSPS) is 12.8. The van der Waals surface area contributed by atoms with Crippen molar-refractivity contribution in [3.05, 3.63) is 12.2 Å². The van der Waals surface area contributed by atoms with Crippen LogP contribution in [0.5, 0.6) is 0 Å². The van der Waals surface area contributed by atoms with Gasteiger partial charge in [-0.1, -0.05) is 25.8 Å². The van der Waals surface area contributed by atoms with Gasteiger partial charge in [0, 0.05) is 6.08 Å². The van der Waals surface area contributed by atoms with E-state index in [0.29, 0.717) is 12.5 Å². The fourth-order valence-corrected chi connectivity index (χ4v) is 0.539. The molecule has 0 N–H and O–H groups in total. The summed E-state index contributed by atoms with van der Waals surface area (Å²) in [7, 11) is 0. The summed E-state index contributed by atoms with van der Waals surface area (Å²) in [6.45, 7) is 1.95. The van der Waals surface area contributed by atoms with E-state index in [4.69, 9.17) is 0 Å². The third kappa shape index (κ3) is 7.53. The highest BCUT2D eigenvalue weighted by atomic mass is 19.4. The standard InChI is InChI=1S/C7H11F3/c1-2-3-4-5-6-7(8,9)10/h5-6H,2-4H2,1H3/b6-5-. The Morgan fingerprint density at radius 1 is 1.30 bits per heavy atom. The van der Waals surface area contributed by atoms with Gasteiger partial charge in [-0.05, 0) is 6.42 Å². The number of hydrogen-bond acceptors (Lipinski definition) is 0. The van der Waals surface area contributed by atoms with Crippen molar-refractivity contribution in [1.82, 2.24) is 0 Å². The summed E-state index contributed by atoms with van der Waals surface area (Å²) in [6.07, 6.45) is -0.384. The highest BCUT2D eigenvalue weighted by molar-refractivity contribution is 4.88. The zero-order valence-electron chi connectivity index (χ0n) is 5.91. The molecule has 0 bridgehead atoms. The molecule has 0 rings (SSSR count). The Balaban J connectivity index is 3.37. The maximum absolute atomic E-state index is 11.4. The van der Waals surface area contributed by atoms with Gasteiger partial charge in [-0.15, -0.1) is 0 Å². The summed E-state index contributed by atoms with van der Waals surface area (Å²) in [5, 5.41) is 0. The minimum Gasteiger partial charge on any atom is -0.167 e. The van der Waals surface area contributed by atoms with E-state index in [1.807, 2.05) is 6.92 Å². The van der Waals surface area contributed by atoms with Gasteiger partial charge in [0.1, 0.15) is 0 Å². The zero-order valence-corrected chi connectivity index (χ0v) is 5.91. The van der Waals surface area contributed by atoms with Gasteiger partial charge in [-0.25, -0.2) is 0 Å². The minimum atomic E-state index is -4.13. The molecule has 0 unspecified atom stereocenters. The topological polar surface area (TPSA) is 0 Å². The number of unbranched alkanes of at least 4 members (excludes halogenated alkanes) is 2. The Morgan fingerprint density at radius 3 is 2.30 bits per heavy atom. The Kier molecular flexibility index (Phi) is 4.16. The van der Waals surface area contributed by atoms with Crippen molar-refractivity contribution in [2.75, 3.05) is 0 Å². The maximum atomic E-state index is 11.4. The van der Waals surface area contributed by atoms with Crippen LogP contribution >= 0.6 is 0 Å². The smallest absolute Gasteiger partial charge is 0.167 e. The van der Waals surface area contributed by atoms with Crippen molar-refractivity contribution in [3.63, 3.8) is 0 Å². The Morgan fingerprint density at radius 2 is 1.90 bits per heavy atom. The second-order valence-electron chi connectivity index (χ2n) is 2.09. The number of allylic oxidation sites excluding steroid dienone is 2. The molecule has 0 aliphatic rings. The molecule has 0 nitrogen and oxygen atoms in total. The molecule has 0 aromatic heterocycles. The predicted molar refractivity (Wildman–Crippen MR) is 34.7 cm³/mol. The summed E-state index contributed by atoms with van der Waals surface area (Å²) >= 11 is 0. The number of alkyl halides is 3. The van der Waals surface area contributed by atoms with E-state index in [9.17, 15) is 13.2 Å². The first-order valence-electron chi connectivity index (χ1n) is 3.30. The van der Waals surface area contributed by atoms with Crippen LogP contribution in [0.3, 0.4) is 0 Å². The average molecular weight is 152 g/mol. The van der Waals surface area contributed by atoms with Gasteiger partial charge in [0.25, 0.3) is 0 Å². The second kappa shape index (κ2) is 4.36. The van der Waals surface area contributed by atoms with Crippen LogP contribution in [0.1, 0.15) is 26.2 Å². The van der Waals surface area contributed by atoms with Gasteiger partial charge in [-0.2, -0.15) is 13.2 Å². The fraction of sp³-hybridized carbons (Fsp3) is 0.714. The van der Waals surface area contributed by atoms with Crippen molar-refractivity contribution in [3.8, 4) is 0 Å². The minimum absolute atomic E-state index is 0.294. The molecule has 0 atom stereocenters. The summed E-state index contributed by atoms with van der Waals surface area (Å²) in [5.41, 5.74) is 0. The molecule has 60 valence electrons. The number of halogens is 3. The van der Waals surface area contributed by atoms with Crippen molar-refractivity contribution in [2.45, 2.75) is 32.4 Å². The van der Waals surface area contributed by atoms with Crippen LogP contribution in [0.4, 0.5) is 13.2 Å².